The van der Waals surface area contributed by atoms with E-state index in [1.54, 1.807) is 0 Å². The van der Waals surface area contributed by atoms with Crippen LogP contribution in [0.4, 0.5) is 0 Å². The van der Waals surface area contributed by atoms with Crippen LogP contribution in [0.25, 0.3) is 0 Å². The van der Waals surface area contributed by atoms with Gasteiger partial charge in [0.15, 0.2) is 0 Å². The zero-order chi connectivity index (χ0) is 11.4. The summed E-state index contributed by atoms with van der Waals surface area (Å²) in [4.78, 5) is 0. The Morgan fingerprint density at radius 3 is 2.33 bits per heavy atom. The molecule has 0 aliphatic carbocycles. The third kappa shape index (κ3) is 3.78. The molecule has 1 rings (SSSR count). The lowest BCUT2D eigenvalue weighted by Crippen LogP contribution is -2.06. The molecule has 2 nitrogen and oxygen atoms in total. The molecule has 0 N–H and O–H groups in total. The van der Waals surface area contributed by atoms with Crippen LogP contribution in [0.1, 0.15) is 6.92 Å². The van der Waals surface area contributed by atoms with Gasteiger partial charge in [0.2, 0.25) is 0 Å². The van der Waals surface area contributed by atoms with E-state index in [1.165, 1.54) is 0 Å². The number of benzene rings is 1. The van der Waals surface area contributed by atoms with E-state index in [0.717, 1.165) is 19.2 Å². The Balaban J connectivity index is 2.82. The zero-order valence-corrected chi connectivity index (χ0v) is 12.7. The van der Waals surface area contributed by atoms with E-state index < -0.39 is 0 Å². The van der Waals surface area contributed by atoms with Gasteiger partial charge in [-0.1, -0.05) is 15.9 Å². The Labute approximate surface area is 114 Å². The van der Waals surface area contributed by atoms with Gasteiger partial charge >= 0.3 is 0 Å². The molecule has 0 saturated carbocycles. The first-order valence-corrected chi connectivity index (χ1v) is 6.59. The molecule has 0 heterocycles. The van der Waals surface area contributed by atoms with E-state index in [0.29, 0.717) is 6.61 Å². The Morgan fingerprint density at radius 2 is 1.87 bits per heavy atom. The Hall–Kier alpha value is -0.0500. The molecule has 0 bridgehead atoms. The summed E-state index contributed by atoms with van der Waals surface area (Å²) in [6.45, 7) is 2.20. The minimum Gasteiger partial charge on any atom is -0.490 e. The minimum absolute atomic E-state index is 0.118. The van der Waals surface area contributed by atoms with Crippen molar-refractivity contribution in [2.24, 2.45) is 5.92 Å². The van der Waals surface area contributed by atoms with E-state index in [9.17, 15) is 0 Å². The van der Waals surface area contributed by atoms with Crippen molar-refractivity contribution in [1.29, 1.82) is 5.26 Å². The van der Waals surface area contributed by atoms with Crippen LogP contribution in [0, 0.1) is 17.2 Å². The summed E-state index contributed by atoms with van der Waals surface area (Å²) < 4.78 is 8.21. The van der Waals surface area contributed by atoms with E-state index in [-0.39, 0.29) is 5.92 Å². The van der Waals surface area contributed by atoms with Gasteiger partial charge in [-0.3, -0.25) is 0 Å². The average molecular weight is 398 g/mol. The summed E-state index contributed by atoms with van der Waals surface area (Å²) in [5.41, 5.74) is 0. The van der Waals surface area contributed by atoms with Crippen molar-refractivity contribution in [1.82, 2.24) is 0 Å². The molecule has 0 aromatic heterocycles. The third-order valence-corrected chi connectivity index (χ3v) is 3.30. The van der Waals surface area contributed by atoms with Gasteiger partial charge in [-0.2, -0.15) is 5.26 Å². The quantitative estimate of drug-likeness (QED) is 0.751. The van der Waals surface area contributed by atoms with Crippen LogP contribution >= 0.6 is 47.8 Å². The van der Waals surface area contributed by atoms with Crippen LogP contribution in [0.15, 0.2) is 25.6 Å². The van der Waals surface area contributed by atoms with Gasteiger partial charge in [0.25, 0.3) is 0 Å². The van der Waals surface area contributed by atoms with Crippen molar-refractivity contribution < 1.29 is 4.74 Å². The highest BCUT2D eigenvalue weighted by Gasteiger charge is 2.09. The standard InChI is InChI=1S/C10H8Br3NO/c1-6(4-14)5-15-10-8(12)2-7(11)3-9(10)13/h2-3,6H,5H2,1H3. The maximum absolute atomic E-state index is 8.63. The fraction of sp³-hybridized carbons (Fsp3) is 0.300. The summed E-state index contributed by atoms with van der Waals surface area (Å²) in [6.07, 6.45) is 0. The SMILES string of the molecule is CC(C#N)COc1c(Br)cc(Br)cc1Br. The van der Waals surface area contributed by atoms with Crippen molar-refractivity contribution in [3.05, 3.63) is 25.6 Å². The zero-order valence-electron chi connectivity index (χ0n) is 7.93. The number of halogens is 3. The predicted octanol–water partition coefficient (Wildman–Crippen LogP) is 4.51. The van der Waals surface area contributed by atoms with Gasteiger partial charge in [-0.25, -0.2) is 0 Å². The number of rotatable bonds is 3. The molecule has 1 aromatic carbocycles. The van der Waals surface area contributed by atoms with Crippen LogP contribution in [0.3, 0.4) is 0 Å². The van der Waals surface area contributed by atoms with Crippen LogP contribution in [-0.4, -0.2) is 6.61 Å². The molecule has 1 unspecified atom stereocenters. The fourth-order valence-electron chi connectivity index (χ4n) is 0.912. The van der Waals surface area contributed by atoms with Crippen molar-refractivity contribution in [2.75, 3.05) is 6.61 Å². The highest BCUT2D eigenvalue weighted by Crippen LogP contribution is 2.36. The van der Waals surface area contributed by atoms with Crippen LogP contribution in [-0.2, 0) is 0 Å². The van der Waals surface area contributed by atoms with Crippen LogP contribution in [0.5, 0.6) is 5.75 Å². The summed E-state index contributed by atoms with van der Waals surface area (Å²) in [5.74, 6) is 0.604. The van der Waals surface area contributed by atoms with Crippen LogP contribution < -0.4 is 4.74 Å². The molecular weight excluding hydrogens is 390 g/mol. The predicted molar refractivity (Wildman–Crippen MR) is 69.8 cm³/mol. The van der Waals surface area contributed by atoms with E-state index >= 15 is 0 Å². The number of hydrogen-bond acceptors (Lipinski definition) is 2. The Bertz CT molecular complexity index is 377. The number of nitrogens with zero attached hydrogens (tertiary/aromatic N) is 1. The number of hydrogen-bond donors (Lipinski definition) is 0. The fourth-order valence-corrected chi connectivity index (χ4v) is 3.40. The second kappa shape index (κ2) is 5.88. The first kappa shape index (κ1) is 13.0. The van der Waals surface area contributed by atoms with Gasteiger partial charge in [0.05, 0.1) is 20.9 Å². The molecule has 0 spiro atoms. The lowest BCUT2D eigenvalue weighted by Gasteiger charge is -2.11. The van der Waals surface area contributed by atoms with Gasteiger partial charge in [0, 0.05) is 4.47 Å². The largest absolute Gasteiger partial charge is 0.490 e. The molecular formula is C10H8Br3NO. The summed E-state index contributed by atoms with van der Waals surface area (Å²) >= 11 is 10.2. The molecule has 15 heavy (non-hydrogen) atoms. The minimum atomic E-state index is -0.118. The number of nitriles is 1. The van der Waals surface area contributed by atoms with E-state index in [2.05, 4.69) is 53.9 Å². The second-order valence-electron chi connectivity index (χ2n) is 3.04. The number of ether oxygens (including phenoxy) is 1. The molecule has 0 aliphatic heterocycles. The maximum atomic E-state index is 8.63. The van der Waals surface area contributed by atoms with Crippen molar-refractivity contribution >= 4 is 47.8 Å². The average Bonchev–Trinajstić information content (AvgIpc) is 2.15. The molecule has 0 amide bonds. The molecule has 5 heteroatoms. The monoisotopic (exact) mass is 395 g/mol. The van der Waals surface area contributed by atoms with Crippen molar-refractivity contribution in [2.45, 2.75) is 6.92 Å². The highest BCUT2D eigenvalue weighted by atomic mass is 79.9. The summed E-state index contributed by atoms with van der Waals surface area (Å²) in [7, 11) is 0. The summed E-state index contributed by atoms with van der Waals surface area (Å²) in [5, 5.41) is 8.63. The molecule has 1 atom stereocenters. The lowest BCUT2D eigenvalue weighted by atomic mass is 10.2. The van der Waals surface area contributed by atoms with E-state index in [1.807, 2.05) is 19.1 Å². The smallest absolute Gasteiger partial charge is 0.147 e. The molecule has 0 aliphatic rings. The third-order valence-electron chi connectivity index (χ3n) is 1.66. The molecule has 0 fully saturated rings. The van der Waals surface area contributed by atoms with Gasteiger partial charge in [-0.15, -0.1) is 0 Å². The first-order chi connectivity index (χ1) is 7.04. The molecule has 1 aromatic rings. The topological polar surface area (TPSA) is 33.0 Å². The van der Waals surface area contributed by atoms with Gasteiger partial charge in [0.1, 0.15) is 12.4 Å². The van der Waals surface area contributed by atoms with Gasteiger partial charge < -0.3 is 4.74 Å². The lowest BCUT2D eigenvalue weighted by molar-refractivity contribution is 0.284. The Kier molecular flexibility index (Phi) is 5.10. The van der Waals surface area contributed by atoms with Crippen LogP contribution in [0.2, 0.25) is 0 Å². The Morgan fingerprint density at radius 1 is 1.33 bits per heavy atom. The molecule has 80 valence electrons. The summed E-state index contributed by atoms with van der Waals surface area (Å²) in [6, 6.07) is 5.92. The van der Waals surface area contributed by atoms with E-state index in [4.69, 9.17) is 10.00 Å². The van der Waals surface area contributed by atoms with Gasteiger partial charge in [-0.05, 0) is 50.9 Å². The normalized spacial score (nSPS) is 11.9. The molecule has 0 radical (unpaired) electrons. The first-order valence-electron chi connectivity index (χ1n) is 4.21. The molecule has 0 saturated heterocycles. The van der Waals surface area contributed by atoms with Crippen molar-refractivity contribution in [3.8, 4) is 11.8 Å². The highest BCUT2D eigenvalue weighted by molar-refractivity contribution is 9.11. The van der Waals surface area contributed by atoms with Crippen molar-refractivity contribution in [3.63, 3.8) is 0 Å². The second-order valence-corrected chi connectivity index (χ2v) is 5.66. The maximum Gasteiger partial charge on any atom is 0.147 e.